The van der Waals surface area contributed by atoms with E-state index in [0.717, 1.165) is 16.4 Å². The van der Waals surface area contributed by atoms with Crippen molar-refractivity contribution in [3.63, 3.8) is 0 Å². The van der Waals surface area contributed by atoms with Crippen molar-refractivity contribution in [3.05, 3.63) is 28.8 Å². The van der Waals surface area contributed by atoms with Gasteiger partial charge in [0.05, 0.1) is 15.5 Å². The number of hydrogen-bond donors (Lipinski definition) is 1. The third kappa shape index (κ3) is 5.71. The van der Waals surface area contributed by atoms with E-state index in [2.05, 4.69) is 17.1 Å². The third-order valence-corrected chi connectivity index (χ3v) is 8.32. The zero-order valence-corrected chi connectivity index (χ0v) is 19.0. The Hall–Kier alpha value is -1.36. The van der Waals surface area contributed by atoms with Gasteiger partial charge in [-0.05, 0) is 57.9 Å². The number of sulfonamides is 1. The lowest BCUT2D eigenvalue weighted by Crippen LogP contribution is -2.46. The molecule has 1 saturated heterocycles. The summed E-state index contributed by atoms with van der Waals surface area (Å²) in [4.78, 5) is 14.3. The molecule has 0 bridgehead atoms. The Balaban J connectivity index is 1.58. The van der Waals surface area contributed by atoms with Crippen molar-refractivity contribution >= 4 is 27.5 Å². The quantitative estimate of drug-likeness (QED) is 0.648. The fraction of sp³-hybridized carbons (Fsp3) is 0.650. The second kappa shape index (κ2) is 9.25. The van der Waals surface area contributed by atoms with Crippen LogP contribution in [0.3, 0.4) is 0 Å². The Labute approximate surface area is 185 Å². The molecular formula is C20H27ClF3N3O3S. The molecule has 1 aromatic rings. The number of carbonyl (C=O) groups is 1. The first-order chi connectivity index (χ1) is 14.4. The lowest BCUT2D eigenvalue weighted by atomic mass is 9.97. The molecule has 0 radical (unpaired) electrons. The van der Waals surface area contributed by atoms with Crippen LogP contribution < -0.4 is 5.32 Å². The first kappa shape index (κ1) is 24.3. The third-order valence-electron chi connectivity index (χ3n) is 6.10. The predicted octanol–water partition coefficient (Wildman–Crippen LogP) is 3.36. The number of likely N-dealkylation sites (N-methyl/N-ethyl adjacent to an activating group) is 1. The van der Waals surface area contributed by atoms with Crippen molar-refractivity contribution in [1.29, 1.82) is 0 Å². The van der Waals surface area contributed by atoms with E-state index in [1.54, 1.807) is 0 Å². The summed E-state index contributed by atoms with van der Waals surface area (Å²) in [7, 11) is -2.07. The van der Waals surface area contributed by atoms with Gasteiger partial charge in [-0.15, -0.1) is 0 Å². The predicted molar refractivity (Wildman–Crippen MR) is 111 cm³/mol. The van der Waals surface area contributed by atoms with Gasteiger partial charge in [-0.2, -0.15) is 17.5 Å². The maximum absolute atomic E-state index is 13.1. The van der Waals surface area contributed by atoms with Gasteiger partial charge in [0.25, 0.3) is 0 Å². The fourth-order valence-electron chi connectivity index (χ4n) is 3.77. The van der Waals surface area contributed by atoms with Crippen LogP contribution >= 0.6 is 11.6 Å². The number of nitrogens with zero attached hydrogens (tertiary/aromatic N) is 2. The zero-order chi connectivity index (χ0) is 23.0. The average molecular weight is 482 g/mol. The molecule has 1 saturated carbocycles. The summed E-state index contributed by atoms with van der Waals surface area (Å²) >= 11 is 5.59. The molecule has 1 unspecified atom stereocenters. The Morgan fingerprint density at radius 2 is 1.87 bits per heavy atom. The van der Waals surface area contributed by atoms with Crippen LogP contribution in [0.5, 0.6) is 0 Å². The highest BCUT2D eigenvalue weighted by Gasteiger charge is 2.37. The molecule has 31 heavy (non-hydrogen) atoms. The van der Waals surface area contributed by atoms with Crippen LogP contribution in [0.2, 0.25) is 5.02 Å². The van der Waals surface area contributed by atoms with E-state index in [-0.39, 0.29) is 31.0 Å². The van der Waals surface area contributed by atoms with Crippen molar-refractivity contribution in [2.24, 2.45) is 5.92 Å². The molecule has 174 valence electrons. The van der Waals surface area contributed by atoms with Gasteiger partial charge in [0.1, 0.15) is 0 Å². The van der Waals surface area contributed by atoms with Crippen LogP contribution in [0.25, 0.3) is 0 Å². The van der Waals surface area contributed by atoms with E-state index in [9.17, 15) is 26.4 Å². The second-order valence-corrected chi connectivity index (χ2v) is 10.7. The summed E-state index contributed by atoms with van der Waals surface area (Å²) in [5.41, 5.74) is -1.19. The molecule has 1 aliphatic carbocycles. The van der Waals surface area contributed by atoms with Gasteiger partial charge in [0.2, 0.25) is 15.9 Å². The molecule has 1 aromatic carbocycles. The molecule has 3 rings (SSSR count). The summed E-state index contributed by atoms with van der Waals surface area (Å²) in [6.45, 7) is 2.72. The molecule has 1 amide bonds. The van der Waals surface area contributed by atoms with E-state index < -0.39 is 31.7 Å². The highest BCUT2D eigenvalue weighted by Crippen LogP contribution is 2.36. The van der Waals surface area contributed by atoms with Crippen molar-refractivity contribution in [3.8, 4) is 0 Å². The van der Waals surface area contributed by atoms with E-state index in [1.807, 2.05) is 7.05 Å². The van der Waals surface area contributed by atoms with Crippen LogP contribution in [-0.4, -0.2) is 62.3 Å². The van der Waals surface area contributed by atoms with Gasteiger partial charge in [-0.3, -0.25) is 9.69 Å². The number of halogens is 4. The van der Waals surface area contributed by atoms with Gasteiger partial charge < -0.3 is 5.32 Å². The summed E-state index contributed by atoms with van der Waals surface area (Å²) in [6, 6.07) is 3.38. The first-order valence-corrected chi connectivity index (χ1v) is 12.1. The SMILES string of the molecule is CC(CNC(=O)C1CCN(S(=O)(=O)c2ccc(Cl)c(C(F)(F)F)c2)CC1)N(C)C1CC1. The second-order valence-electron chi connectivity index (χ2n) is 8.31. The summed E-state index contributed by atoms with van der Waals surface area (Å²) in [5.74, 6) is -0.431. The van der Waals surface area contributed by atoms with Crippen LogP contribution in [-0.2, 0) is 21.0 Å². The minimum absolute atomic E-state index is 0.0714. The lowest BCUT2D eigenvalue weighted by Gasteiger charge is -2.31. The minimum Gasteiger partial charge on any atom is -0.354 e. The number of alkyl halides is 3. The van der Waals surface area contributed by atoms with Crippen LogP contribution in [0, 0.1) is 5.92 Å². The summed E-state index contributed by atoms with van der Waals surface area (Å²) < 4.78 is 66.0. The van der Waals surface area contributed by atoms with E-state index in [1.165, 1.54) is 12.8 Å². The van der Waals surface area contributed by atoms with Gasteiger partial charge >= 0.3 is 6.18 Å². The molecule has 11 heteroatoms. The normalized spacial score (nSPS) is 20.1. The van der Waals surface area contributed by atoms with E-state index >= 15 is 0 Å². The van der Waals surface area contributed by atoms with Crippen LogP contribution in [0.15, 0.2) is 23.1 Å². The number of piperidine rings is 1. The van der Waals surface area contributed by atoms with Crippen LogP contribution in [0.1, 0.15) is 38.2 Å². The number of carbonyl (C=O) groups excluding carboxylic acids is 1. The van der Waals surface area contributed by atoms with Crippen molar-refractivity contribution < 1.29 is 26.4 Å². The molecule has 1 atom stereocenters. The standard InChI is InChI=1S/C20H27ClF3N3O3S/c1-13(26(2)15-3-4-15)12-25-19(28)14-7-9-27(10-8-14)31(29,30)16-5-6-18(21)17(11-16)20(22,23)24/h5-6,11,13-15H,3-4,7-10,12H2,1-2H3,(H,25,28). The molecular weight excluding hydrogens is 455 g/mol. The largest absolute Gasteiger partial charge is 0.417 e. The Kier molecular flexibility index (Phi) is 7.25. The molecule has 1 heterocycles. The lowest BCUT2D eigenvalue weighted by molar-refractivity contribution is -0.137. The fourth-order valence-corrected chi connectivity index (χ4v) is 5.49. The molecule has 0 spiro atoms. The first-order valence-electron chi connectivity index (χ1n) is 10.3. The minimum atomic E-state index is -4.75. The zero-order valence-electron chi connectivity index (χ0n) is 17.5. The topological polar surface area (TPSA) is 69.7 Å². The molecule has 1 aliphatic heterocycles. The number of hydrogen-bond acceptors (Lipinski definition) is 4. The molecule has 2 fully saturated rings. The van der Waals surface area contributed by atoms with E-state index in [0.29, 0.717) is 31.5 Å². The number of benzene rings is 1. The van der Waals surface area contributed by atoms with Crippen molar-refractivity contribution in [2.45, 2.75) is 55.8 Å². The highest BCUT2D eigenvalue weighted by molar-refractivity contribution is 7.89. The van der Waals surface area contributed by atoms with Crippen molar-refractivity contribution in [1.82, 2.24) is 14.5 Å². The van der Waals surface area contributed by atoms with Crippen molar-refractivity contribution in [2.75, 3.05) is 26.7 Å². The Morgan fingerprint density at radius 3 is 2.42 bits per heavy atom. The molecule has 0 aromatic heterocycles. The number of amides is 1. The number of nitrogens with one attached hydrogen (secondary N) is 1. The highest BCUT2D eigenvalue weighted by atomic mass is 35.5. The van der Waals surface area contributed by atoms with Gasteiger partial charge in [0, 0.05) is 37.6 Å². The molecule has 6 nitrogen and oxygen atoms in total. The maximum Gasteiger partial charge on any atom is 0.417 e. The molecule has 2 aliphatic rings. The monoisotopic (exact) mass is 481 g/mol. The Morgan fingerprint density at radius 1 is 1.26 bits per heavy atom. The Bertz CT molecular complexity index is 914. The van der Waals surface area contributed by atoms with Gasteiger partial charge in [-0.25, -0.2) is 8.42 Å². The molecule has 1 N–H and O–H groups in total. The summed E-state index contributed by atoms with van der Waals surface area (Å²) in [5, 5.41) is 2.39. The maximum atomic E-state index is 13.1. The van der Waals surface area contributed by atoms with Crippen LogP contribution in [0.4, 0.5) is 13.2 Å². The van der Waals surface area contributed by atoms with Gasteiger partial charge in [-0.1, -0.05) is 11.6 Å². The number of rotatable bonds is 7. The smallest absolute Gasteiger partial charge is 0.354 e. The summed E-state index contributed by atoms with van der Waals surface area (Å²) in [6.07, 6.45) is -1.76. The van der Waals surface area contributed by atoms with Gasteiger partial charge in [0.15, 0.2) is 0 Å². The van der Waals surface area contributed by atoms with E-state index in [4.69, 9.17) is 11.6 Å². The average Bonchev–Trinajstić information content (AvgIpc) is 3.56.